The van der Waals surface area contributed by atoms with E-state index in [0.29, 0.717) is 17.9 Å². The monoisotopic (exact) mass is 228 g/mol. The van der Waals surface area contributed by atoms with Crippen LogP contribution in [-0.2, 0) is 0 Å². The molecule has 1 aromatic carbocycles. The first kappa shape index (κ1) is 11.2. The lowest BCUT2D eigenvalue weighted by Crippen LogP contribution is -2.09. The SMILES string of the molecule is CCOc1ccc2ncc(C#N)c(NN)c2c1. The first-order valence-electron chi connectivity index (χ1n) is 5.22. The van der Waals surface area contributed by atoms with Gasteiger partial charge < -0.3 is 10.2 Å². The number of aromatic nitrogens is 1. The van der Waals surface area contributed by atoms with Crippen LogP contribution in [0.15, 0.2) is 24.4 Å². The summed E-state index contributed by atoms with van der Waals surface area (Å²) in [6, 6.07) is 7.54. The molecule has 0 amide bonds. The summed E-state index contributed by atoms with van der Waals surface area (Å²) >= 11 is 0. The van der Waals surface area contributed by atoms with Crippen LogP contribution in [0.2, 0.25) is 0 Å². The summed E-state index contributed by atoms with van der Waals surface area (Å²) in [7, 11) is 0. The molecule has 1 heterocycles. The number of nitrogens with one attached hydrogen (secondary N) is 1. The lowest BCUT2D eigenvalue weighted by atomic mass is 10.1. The van der Waals surface area contributed by atoms with Crippen LogP contribution in [-0.4, -0.2) is 11.6 Å². The summed E-state index contributed by atoms with van der Waals surface area (Å²) in [6.07, 6.45) is 1.50. The van der Waals surface area contributed by atoms with Gasteiger partial charge in [-0.05, 0) is 25.1 Å². The van der Waals surface area contributed by atoms with Gasteiger partial charge in [0, 0.05) is 11.6 Å². The number of fused-ring (bicyclic) bond motifs is 1. The predicted molar refractivity (Wildman–Crippen MR) is 65.4 cm³/mol. The maximum absolute atomic E-state index is 8.96. The second-order valence-corrected chi connectivity index (χ2v) is 3.41. The third-order valence-corrected chi connectivity index (χ3v) is 2.42. The number of hydrogen-bond donors (Lipinski definition) is 2. The molecule has 86 valence electrons. The van der Waals surface area contributed by atoms with Gasteiger partial charge in [-0.3, -0.25) is 10.8 Å². The van der Waals surface area contributed by atoms with E-state index in [1.807, 2.05) is 31.2 Å². The van der Waals surface area contributed by atoms with Gasteiger partial charge in [0.05, 0.1) is 23.4 Å². The Labute approximate surface area is 98.8 Å². The average molecular weight is 228 g/mol. The molecule has 5 nitrogen and oxygen atoms in total. The minimum atomic E-state index is 0.411. The second-order valence-electron chi connectivity index (χ2n) is 3.41. The van der Waals surface area contributed by atoms with E-state index in [9.17, 15) is 0 Å². The van der Waals surface area contributed by atoms with Crippen molar-refractivity contribution < 1.29 is 4.74 Å². The number of nitrogen functional groups attached to an aromatic ring is 1. The third kappa shape index (κ3) is 1.98. The molecule has 17 heavy (non-hydrogen) atoms. The number of anilines is 1. The van der Waals surface area contributed by atoms with E-state index in [1.54, 1.807) is 0 Å². The largest absolute Gasteiger partial charge is 0.494 e. The second kappa shape index (κ2) is 4.68. The summed E-state index contributed by atoms with van der Waals surface area (Å²) in [5, 5.41) is 9.74. The fourth-order valence-electron chi connectivity index (χ4n) is 1.67. The van der Waals surface area contributed by atoms with Gasteiger partial charge in [0.15, 0.2) is 0 Å². The van der Waals surface area contributed by atoms with Gasteiger partial charge in [-0.15, -0.1) is 0 Å². The van der Waals surface area contributed by atoms with E-state index in [-0.39, 0.29) is 0 Å². The van der Waals surface area contributed by atoms with Gasteiger partial charge in [-0.2, -0.15) is 5.26 Å². The van der Waals surface area contributed by atoms with Crippen LogP contribution in [0.5, 0.6) is 5.75 Å². The molecule has 0 saturated heterocycles. The zero-order chi connectivity index (χ0) is 12.3. The molecule has 3 N–H and O–H groups in total. The van der Waals surface area contributed by atoms with Gasteiger partial charge in [0.25, 0.3) is 0 Å². The highest BCUT2D eigenvalue weighted by Gasteiger charge is 2.08. The Morgan fingerprint density at radius 1 is 1.53 bits per heavy atom. The predicted octanol–water partition coefficient (Wildman–Crippen LogP) is 1.79. The number of ether oxygens (including phenoxy) is 1. The Kier molecular flexibility index (Phi) is 3.08. The van der Waals surface area contributed by atoms with Gasteiger partial charge in [0.1, 0.15) is 11.8 Å². The summed E-state index contributed by atoms with van der Waals surface area (Å²) in [5.41, 5.74) is 4.28. The zero-order valence-corrected chi connectivity index (χ0v) is 9.40. The van der Waals surface area contributed by atoms with Crippen molar-refractivity contribution >= 4 is 16.6 Å². The van der Waals surface area contributed by atoms with Crippen molar-refractivity contribution in [3.8, 4) is 11.8 Å². The van der Waals surface area contributed by atoms with Crippen LogP contribution in [0.4, 0.5) is 5.69 Å². The highest BCUT2D eigenvalue weighted by Crippen LogP contribution is 2.28. The van der Waals surface area contributed by atoms with E-state index < -0.39 is 0 Å². The van der Waals surface area contributed by atoms with E-state index in [4.69, 9.17) is 15.8 Å². The Hall–Kier alpha value is -2.32. The molecule has 0 unspecified atom stereocenters. The van der Waals surface area contributed by atoms with Crippen LogP contribution >= 0.6 is 0 Å². The Balaban J connectivity index is 2.68. The molecule has 0 aliphatic rings. The molecule has 0 spiro atoms. The molecule has 2 aromatic rings. The topological polar surface area (TPSA) is 84.0 Å². The molecule has 0 radical (unpaired) electrons. The van der Waals surface area contributed by atoms with Crippen LogP contribution in [0.25, 0.3) is 10.9 Å². The standard InChI is InChI=1S/C12H12N4O/c1-2-17-9-3-4-11-10(5-9)12(16-14)8(6-13)7-15-11/h3-5,7H,2,14H2,1H3,(H,15,16). The van der Waals surface area contributed by atoms with E-state index in [1.165, 1.54) is 6.20 Å². The maximum Gasteiger partial charge on any atom is 0.120 e. The van der Waals surface area contributed by atoms with Crippen molar-refractivity contribution in [1.82, 2.24) is 4.98 Å². The molecule has 5 heteroatoms. The van der Waals surface area contributed by atoms with Crippen molar-refractivity contribution in [2.24, 2.45) is 5.84 Å². The van der Waals surface area contributed by atoms with Crippen LogP contribution < -0.4 is 16.0 Å². The van der Waals surface area contributed by atoms with Crippen molar-refractivity contribution in [2.75, 3.05) is 12.0 Å². The number of hydrazine groups is 1. The van der Waals surface area contributed by atoms with E-state index in [2.05, 4.69) is 10.4 Å². The maximum atomic E-state index is 8.96. The summed E-state index contributed by atoms with van der Waals surface area (Å²) in [6.45, 7) is 2.50. The fraction of sp³-hybridized carbons (Fsp3) is 0.167. The summed E-state index contributed by atoms with van der Waals surface area (Å²) in [4.78, 5) is 4.19. The highest BCUT2D eigenvalue weighted by molar-refractivity contribution is 5.94. The lowest BCUT2D eigenvalue weighted by Gasteiger charge is -2.09. The minimum absolute atomic E-state index is 0.411. The van der Waals surface area contributed by atoms with Crippen molar-refractivity contribution in [1.29, 1.82) is 5.26 Å². The molecule has 2 rings (SSSR count). The Morgan fingerprint density at radius 3 is 3.00 bits per heavy atom. The fourth-order valence-corrected chi connectivity index (χ4v) is 1.67. The first-order valence-corrected chi connectivity index (χ1v) is 5.22. The summed E-state index contributed by atoms with van der Waals surface area (Å²) < 4.78 is 5.41. The molecule has 1 aromatic heterocycles. The molecule has 0 saturated carbocycles. The van der Waals surface area contributed by atoms with Crippen LogP contribution in [0.3, 0.4) is 0 Å². The number of hydrogen-bond acceptors (Lipinski definition) is 5. The van der Waals surface area contributed by atoms with Crippen molar-refractivity contribution in [3.05, 3.63) is 30.0 Å². The highest BCUT2D eigenvalue weighted by atomic mass is 16.5. The molecule has 0 bridgehead atoms. The number of nitrogens with two attached hydrogens (primary N) is 1. The third-order valence-electron chi connectivity index (χ3n) is 2.42. The number of benzene rings is 1. The average Bonchev–Trinajstić information content (AvgIpc) is 2.37. The van der Waals surface area contributed by atoms with Crippen LogP contribution in [0, 0.1) is 11.3 Å². The molecule has 0 aliphatic carbocycles. The number of nitrogens with zero attached hydrogens (tertiary/aromatic N) is 2. The summed E-state index contributed by atoms with van der Waals surface area (Å²) in [5.74, 6) is 6.18. The Bertz CT molecular complexity index is 589. The van der Waals surface area contributed by atoms with Gasteiger partial charge in [-0.1, -0.05) is 0 Å². The number of nitriles is 1. The van der Waals surface area contributed by atoms with Crippen molar-refractivity contribution in [2.45, 2.75) is 6.92 Å². The van der Waals surface area contributed by atoms with Gasteiger partial charge in [0.2, 0.25) is 0 Å². The minimum Gasteiger partial charge on any atom is -0.494 e. The first-order chi connectivity index (χ1) is 8.30. The quantitative estimate of drug-likeness (QED) is 0.618. The molecule has 0 fully saturated rings. The smallest absolute Gasteiger partial charge is 0.120 e. The number of pyridine rings is 1. The van der Waals surface area contributed by atoms with Crippen LogP contribution in [0.1, 0.15) is 12.5 Å². The molecular formula is C12H12N4O. The zero-order valence-electron chi connectivity index (χ0n) is 9.40. The normalized spacial score (nSPS) is 9.94. The van der Waals surface area contributed by atoms with E-state index in [0.717, 1.165) is 16.7 Å². The van der Waals surface area contributed by atoms with Crippen molar-refractivity contribution in [3.63, 3.8) is 0 Å². The van der Waals surface area contributed by atoms with Gasteiger partial charge >= 0.3 is 0 Å². The molecular weight excluding hydrogens is 216 g/mol. The Morgan fingerprint density at radius 2 is 2.35 bits per heavy atom. The number of rotatable bonds is 3. The van der Waals surface area contributed by atoms with Gasteiger partial charge in [-0.25, -0.2) is 0 Å². The molecule has 0 aliphatic heterocycles. The molecule has 0 atom stereocenters. The lowest BCUT2D eigenvalue weighted by molar-refractivity contribution is 0.340. The van der Waals surface area contributed by atoms with E-state index >= 15 is 0 Å².